The zero-order chi connectivity index (χ0) is 14.0. The fourth-order valence-corrected chi connectivity index (χ4v) is 1.75. The molecule has 1 N–H and O–H groups in total. The Bertz CT molecular complexity index is 622. The van der Waals surface area contributed by atoms with Gasteiger partial charge in [-0.25, -0.2) is 8.78 Å². The summed E-state index contributed by atoms with van der Waals surface area (Å²) in [6.45, 7) is 3.69. The summed E-state index contributed by atoms with van der Waals surface area (Å²) in [4.78, 5) is 11.8. The molecule has 1 heterocycles. The minimum absolute atomic E-state index is 0.0265. The molecule has 0 aliphatic carbocycles. The molecule has 2 aromatic rings. The molecular weight excluding hydrogens is 252 g/mol. The molecule has 0 unspecified atom stereocenters. The predicted molar refractivity (Wildman–Crippen MR) is 66.7 cm³/mol. The zero-order valence-electron chi connectivity index (χ0n) is 10.6. The van der Waals surface area contributed by atoms with Gasteiger partial charge >= 0.3 is 0 Å². The van der Waals surface area contributed by atoms with Gasteiger partial charge in [-0.15, -0.1) is 0 Å². The van der Waals surface area contributed by atoms with E-state index in [0.717, 1.165) is 23.5 Å². The van der Waals surface area contributed by atoms with Crippen LogP contribution >= 0.6 is 0 Å². The zero-order valence-corrected chi connectivity index (χ0v) is 10.6. The average molecular weight is 265 g/mol. The molecule has 1 aromatic carbocycles. The van der Waals surface area contributed by atoms with E-state index in [0.29, 0.717) is 0 Å². The van der Waals surface area contributed by atoms with Crippen LogP contribution in [-0.2, 0) is 11.3 Å². The van der Waals surface area contributed by atoms with E-state index in [1.54, 1.807) is 4.68 Å². The number of rotatable bonds is 3. The van der Waals surface area contributed by atoms with Crippen molar-refractivity contribution in [3.8, 4) is 0 Å². The van der Waals surface area contributed by atoms with Gasteiger partial charge in [-0.2, -0.15) is 5.10 Å². The monoisotopic (exact) mass is 265 g/mol. The van der Waals surface area contributed by atoms with Crippen molar-refractivity contribution in [2.45, 2.75) is 20.4 Å². The third kappa shape index (κ3) is 3.15. The highest BCUT2D eigenvalue weighted by Gasteiger charge is 2.09. The number of carbonyl (C=O) groups is 1. The van der Waals surface area contributed by atoms with Gasteiger partial charge in [0.15, 0.2) is 11.6 Å². The van der Waals surface area contributed by atoms with Crippen LogP contribution in [0.25, 0.3) is 0 Å². The average Bonchev–Trinajstić information content (AvgIpc) is 2.62. The van der Waals surface area contributed by atoms with Crippen molar-refractivity contribution >= 4 is 11.6 Å². The van der Waals surface area contributed by atoms with Gasteiger partial charge in [0.2, 0.25) is 5.91 Å². The SMILES string of the molecule is Cc1cc(C)n(CC(=O)Nc2ccc(F)c(F)c2)n1. The highest BCUT2D eigenvalue weighted by Crippen LogP contribution is 2.13. The van der Waals surface area contributed by atoms with E-state index in [4.69, 9.17) is 0 Å². The Morgan fingerprint density at radius 2 is 2.00 bits per heavy atom. The fourth-order valence-electron chi connectivity index (χ4n) is 1.75. The number of nitrogens with one attached hydrogen (secondary N) is 1. The molecule has 0 bridgehead atoms. The smallest absolute Gasteiger partial charge is 0.246 e. The molecular formula is C13H13F2N3O. The number of aromatic nitrogens is 2. The maximum atomic E-state index is 13.0. The van der Waals surface area contributed by atoms with E-state index in [2.05, 4.69) is 10.4 Å². The molecule has 1 amide bonds. The number of amides is 1. The minimum Gasteiger partial charge on any atom is -0.324 e. The molecule has 2 rings (SSSR count). The number of hydrogen-bond donors (Lipinski definition) is 1. The lowest BCUT2D eigenvalue weighted by atomic mass is 10.3. The van der Waals surface area contributed by atoms with Gasteiger partial charge in [0.1, 0.15) is 6.54 Å². The normalized spacial score (nSPS) is 10.5. The van der Waals surface area contributed by atoms with Crippen molar-refractivity contribution in [3.05, 3.63) is 47.3 Å². The standard InChI is InChI=1S/C13H13F2N3O/c1-8-5-9(2)18(17-8)7-13(19)16-10-3-4-11(14)12(15)6-10/h3-6H,7H2,1-2H3,(H,16,19). The maximum absolute atomic E-state index is 13.0. The molecule has 0 spiro atoms. The first kappa shape index (κ1) is 13.2. The van der Waals surface area contributed by atoms with Crippen molar-refractivity contribution in [2.24, 2.45) is 0 Å². The molecule has 0 aliphatic heterocycles. The summed E-state index contributed by atoms with van der Waals surface area (Å²) in [5, 5.41) is 6.63. The second-order valence-corrected chi connectivity index (χ2v) is 4.26. The topological polar surface area (TPSA) is 46.9 Å². The van der Waals surface area contributed by atoms with Gasteiger partial charge in [-0.3, -0.25) is 9.48 Å². The van der Waals surface area contributed by atoms with E-state index >= 15 is 0 Å². The number of hydrogen-bond acceptors (Lipinski definition) is 2. The van der Waals surface area contributed by atoms with Gasteiger partial charge in [-0.1, -0.05) is 0 Å². The molecule has 0 saturated heterocycles. The second-order valence-electron chi connectivity index (χ2n) is 4.26. The summed E-state index contributed by atoms with van der Waals surface area (Å²) in [6.07, 6.45) is 0. The molecule has 0 aliphatic rings. The maximum Gasteiger partial charge on any atom is 0.246 e. The third-order valence-corrected chi connectivity index (χ3v) is 2.60. The summed E-state index contributed by atoms with van der Waals surface area (Å²) in [7, 11) is 0. The van der Waals surface area contributed by atoms with Crippen LogP contribution < -0.4 is 5.32 Å². The summed E-state index contributed by atoms with van der Waals surface area (Å²) >= 11 is 0. The highest BCUT2D eigenvalue weighted by atomic mass is 19.2. The van der Waals surface area contributed by atoms with Gasteiger partial charge in [0.05, 0.1) is 5.69 Å². The van der Waals surface area contributed by atoms with Crippen LogP contribution in [0.5, 0.6) is 0 Å². The Hall–Kier alpha value is -2.24. The van der Waals surface area contributed by atoms with Crippen LogP contribution in [0.4, 0.5) is 14.5 Å². The Labute approximate surface area is 109 Å². The number of halogens is 2. The quantitative estimate of drug-likeness (QED) is 0.926. The third-order valence-electron chi connectivity index (χ3n) is 2.60. The number of anilines is 1. The van der Waals surface area contributed by atoms with E-state index in [-0.39, 0.29) is 18.1 Å². The first-order chi connectivity index (χ1) is 8.95. The van der Waals surface area contributed by atoms with Crippen molar-refractivity contribution in [3.63, 3.8) is 0 Å². The summed E-state index contributed by atoms with van der Waals surface area (Å²) in [5.41, 5.74) is 1.89. The molecule has 19 heavy (non-hydrogen) atoms. The lowest BCUT2D eigenvalue weighted by Crippen LogP contribution is -2.20. The summed E-state index contributed by atoms with van der Waals surface area (Å²) in [6, 6.07) is 5.06. The van der Waals surface area contributed by atoms with Crippen LogP contribution in [-0.4, -0.2) is 15.7 Å². The minimum atomic E-state index is -0.996. The van der Waals surface area contributed by atoms with Gasteiger partial charge in [-0.05, 0) is 32.0 Å². The van der Waals surface area contributed by atoms with E-state index < -0.39 is 11.6 Å². The number of carbonyl (C=O) groups excluding carboxylic acids is 1. The fraction of sp³-hybridized carbons (Fsp3) is 0.231. The molecule has 0 atom stereocenters. The summed E-state index contributed by atoms with van der Waals surface area (Å²) in [5.74, 6) is -2.29. The van der Waals surface area contributed by atoms with E-state index in [1.807, 2.05) is 19.9 Å². The molecule has 6 heteroatoms. The van der Waals surface area contributed by atoms with Gasteiger partial charge < -0.3 is 5.32 Å². The molecule has 4 nitrogen and oxygen atoms in total. The van der Waals surface area contributed by atoms with E-state index in [1.165, 1.54) is 6.07 Å². The number of nitrogens with zero attached hydrogens (tertiary/aromatic N) is 2. The van der Waals surface area contributed by atoms with Gasteiger partial charge in [0.25, 0.3) is 0 Å². The van der Waals surface area contributed by atoms with Crippen molar-refractivity contribution in [2.75, 3.05) is 5.32 Å². The summed E-state index contributed by atoms with van der Waals surface area (Å²) < 4.78 is 27.3. The Morgan fingerprint density at radius 1 is 1.26 bits per heavy atom. The van der Waals surface area contributed by atoms with Gasteiger partial charge in [0, 0.05) is 17.4 Å². The molecule has 100 valence electrons. The Balaban J connectivity index is 2.05. The van der Waals surface area contributed by atoms with Crippen LogP contribution in [0.3, 0.4) is 0 Å². The van der Waals surface area contributed by atoms with E-state index in [9.17, 15) is 13.6 Å². The lowest BCUT2D eigenvalue weighted by Gasteiger charge is -2.07. The highest BCUT2D eigenvalue weighted by molar-refractivity contribution is 5.90. The molecule has 0 fully saturated rings. The van der Waals surface area contributed by atoms with Crippen molar-refractivity contribution in [1.82, 2.24) is 9.78 Å². The Kier molecular flexibility index (Phi) is 3.59. The molecule has 1 aromatic heterocycles. The van der Waals surface area contributed by atoms with Crippen LogP contribution in [0.15, 0.2) is 24.3 Å². The first-order valence-corrected chi connectivity index (χ1v) is 5.71. The number of benzene rings is 1. The predicted octanol–water partition coefficient (Wildman–Crippen LogP) is 2.42. The van der Waals surface area contributed by atoms with Crippen LogP contribution in [0.2, 0.25) is 0 Å². The van der Waals surface area contributed by atoms with Crippen molar-refractivity contribution < 1.29 is 13.6 Å². The largest absolute Gasteiger partial charge is 0.324 e. The molecule has 0 saturated carbocycles. The van der Waals surface area contributed by atoms with Crippen LogP contribution in [0, 0.1) is 25.5 Å². The van der Waals surface area contributed by atoms with Crippen LogP contribution in [0.1, 0.15) is 11.4 Å². The first-order valence-electron chi connectivity index (χ1n) is 5.71. The lowest BCUT2D eigenvalue weighted by molar-refractivity contribution is -0.116. The van der Waals surface area contributed by atoms with Crippen molar-refractivity contribution in [1.29, 1.82) is 0 Å². The second kappa shape index (κ2) is 5.17. The Morgan fingerprint density at radius 3 is 2.58 bits per heavy atom. The molecule has 0 radical (unpaired) electrons. The number of aryl methyl sites for hydroxylation is 2.